The molecular weight excluding hydrogens is 596 g/mol. The van der Waals surface area contributed by atoms with Crippen molar-refractivity contribution in [3.8, 4) is 0 Å². The van der Waals surface area contributed by atoms with Gasteiger partial charge >= 0.3 is 17.9 Å². The number of fused-ring (bicyclic) bond motifs is 10. The molecule has 8 heteroatoms. The fourth-order valence-corrected chi connectivity index (χ4v) is 11.2. The Kier molecular flexibility index (Phi) is 9.61. The molecule has 0 aliphatic heterocycles. The van der Waals surface area contributed by atoms with Crippen LogP contribution in [0.25, 0.3) is 0 Å². The zero-order valence-electron chi connectivity index (χ0n) is 27.7. The molecule has 4 bridgehead atoms. The number of carbonyl (C=O) groups excluding carboxylic acids is 3. The molecule has 0 radical (unpaired) electrons. The molecule has 1 aromatic carbocycles. The van der Waals surface area contributed by atoms with Gasteiger partial charge in [-0.3, -0.25) is 0 Å². The molecule has 6 aliphatic rings. The molecule has 12 atom stereocenters. The Hall–Kier alpha value is -2.97. The molecule has 254 valence electrons. The lowest BCUT2D eigenvalue weighted by Crippen LogP contribution is -2.28. The van der Waals surface area contributed by atoms with Gasteiger partial charge in [0.25, 0.3) is 0 Å². The Bertz CT molecular complexity index is 1370. The minimum Gasteiger partial charge on any atom is -0.462 e. The van der Waals surface area contributed by atoms with Crippen LogP contribution in [0.3, 0.4) is 0 Å². The SMILES string of the molecule is C=CCOOCC1CC2C3CC(COC(=O)c4cccc(C(=O)OCC5CC6C7CC(COC(=O)C(=C)C)C(C7)C6C5)c4)C(C3)C2C1. The third-order valence-corrected chi connectivity index (χ3v) is 13.0. The molecule has 0 heterocycles. The van der Waals surface area contributed by atoms with E-state index in [4.69, 9.17) is 24.0 Å². The summed E-state index contributed by atoms with van der Waals surface area (Å²) >= 11 is 0. The van der Waals surface area contributed by atoms with Gasteiger partial charge in [0, 0.05) is 5.57 Å². The fourth-order valence-electron chi connectivity index (χ4n) is 11.2. The molecule has 6 saturated carbocycles. The number of ether oxygens (including phenoxy) is 3. The second kappa shape index (κ2) is 13.9. The lowest BCUT2D eigenvalue weighted by molar-refractivity contribution is -0.293. The Morgan fingerprint density at radius 2 is 1.21 bits per heavy atom. The van der Waals surface area contributed by atoms with Crippen molar-refractivity contribution in [1.29, 1.82) is 0 Å². The van der Waals surface area contributed by atoms with Gasteiger partial charge in [-0.05, 0) is 148 Å². The average Bonchev–Trinajstić information content (AvgIpc) is 3.91. The molecule has 0 spiro atoms. The molecule has 47 heavy (non-hydrogen) atoms. The summed E-state index contributed by atoms with van der Waals surface area (Å²) in [6.07, 6.45) is 10.9. The predicted molar refractivity (Wildman–Crippen MR) is 174 cm³/mol. The van der Waals surface area contributed by atoms with E-state index in [1.807, 2.05) is 0 Å². The van der Waals surface area contributed by atoms with E-state index >= 15 is 0 Å². The third-order valence-electron chi connectivity index (χ3n) is 13.0. The maximum atomic E-state index is 13.1. The van der Waals surface area contributed by atoms with Crippen LogP contribution in [0.15, 0.2) is 49.1 Å². The van der Waals surface area contributed by atoms with Crippen molar-refractivity contribution in [3.63, 3.8) is 0 Å². The predicted octanol–water partition coefficient (Wildman–Crippen LogP) is 6.85. The number of esters is 3. The standard InChI is InChI=1S/C39H50O8/c1-4-8-46-47-19-24-10-32-28-15-30(34(17-28)36(32)12-24)21-45-39(42)26-7-5-6-25(13-26)38(41)43-18-23-9-31-27-14-29(20-44-37(40)22(2)3)33(16-27)35(31)11-23/h4-7,13,23-24,27-36H,1-2,8-12,14-21H2,3H3. The van der Waals surface area contributed by atoms with Crippen molar-refractivity contribution < 1.29 is 38.4 Å². The average molecular weight is 647 g/mol. The summed E-state index contributed by atoms with van der Waals surface area (Å²) < 4.78 is 17.2. The Morgan fingerprint density at radius 1 is 0.681 bits per heavy atom. The molecule has 8 nitrogen and oxygen atoms in total. The zero-order valence-corrected chi connectivity index (χ0v) is 27.7. The van der Waals surface area contributed by atoms with Crippen LogP contribution in [0.1, 0.15) is 79.0 Å². The summed E-state index contributed by atoms with van der Waals surface area (Å²) in [6.45, 7) is 11.4. The van der Waals surface area contributed by atoms with Crippen LogP contribution in [0, 0.1) is 71.0 Å². The van der Waals surface area contributed by atoms with Gasteiger partial charge in [0.2, 0.25) is 0 Å². The summed E-state index contributed by atoms with van der Waals surface area (Å²) in [5.41, 5.74) is 1.22. The molecule has 0 amide bonds. The highest BCUT2D eigenvalue weighted by atomic mass is 17.2. The van der Waals surface area contributed by atoms with Gasteiger partial charge in [0.05, 0.1) is 37.6 Å². The van der Waals surface area contributed by atoms with Gasteiger partial charge in [-0.25, -0.2) is 24.2 Å². The number of rotatable bonds is 14. The van der Waals surface area contributed by atoms with Crippen LogP contribution < -0.4 is 0 Å². The Morgan fingerprint density at radius 3 is 1.79 bits per heavy atom. The molecule has 12 unspecified atom stereocenters. The second-order valence-electron chi connectivity index (χ2n) is 15.7. The largest absolute Gasteiger partial charge is 0.462 e. The lowest BCUT2D eigenvalue weighted by Gasteiger charge is -2.31. The first-order chi connectivity index (χ1) is 22.8. The molecule has 7 rings (SSSR count). The van der Waals surface area contributed by atoms with Gasteiger partial charge in [-0.2, -0.15) is 0 Å². The van der Waals surface area contributed by atoms with Crippen molar-refractivity contribution in [2.45, 2.75) is 58.3 Å². The maximum absolute atomic E-state index is 13.1. The van der Waals surface area contributed by atoms with Crippen molar-refractivity contribution >= 4 is 17.9 Å². The lowest BCUT2D eigenvalue weighted by atomic mass is 9.76. The number of hydrogen-bond donors (Lipinski definition) is 0. The van der Waals surface area contributed by atoms with Crippen LogP contribution in [0.5, 0.6) is 0 Å². The molecule has 1 aromatic rings. The minimum absolute atomic E-state index is 0.299. The summed E-state index contributed by atoms with van der Waals surface area (Å²) in [4.78, 5) is 48.6. The van der Waals surface area contributed by atoms with E-state index in [0.717, 1.165) is 38.0 Å². The van der Waals surface area contributed by atoms with E-state index in [1.54, 1.807) is 37.3 Å². The van der Waals surface area contributed by atoms with Gasteiger partial charge in [-0.15, -0.1) is 6.58 Å². The van der Waals surface area contributed by atoms with E-state index in [9.17, 15) is 14.4 Å². The number of hydrogen-bond acceptors (Lipinski definition) is 8. The maximum Gasteiger partial charge on any atom is 0.338 e. The summed E-state index contributed by atoms with van der Waals surface area (Å²) in [5, 5.41) is 0. The molecular formula is C39H50O8. The second-order valence-corrected chi connectivity index (χ2v) is 15.7. The van der Waals surface area contributed by atoms with Crippen LogP contribution in [0.2, 0.25) is 0 Å². The van der Waals surface area contributed by atoms with Crippen LogP contribution in [0.4, 0.5) is 0 Å². The highest BCUT2D eigenvalue weighted by molar-refractivity contribution is 5.95. The topological polar surface area (TPSA) is 97.4 Å². The third kappa shape index (κ3) is 6.69. The van der Waals surface area contributed by atoms with Crippen LogP contribution >= 0.6 is 0 Å². The van der Waals surface area contributed by atoms with Crippen molar-refractivity contribution in [2.75, 3.05) is 33.0 Å². The quantitative estimate of drug-likeness (QED) is 0.0412. The van der Waals surface area contributed by atoms with Gasteiger partial charge < -0.3 is 14.2 Å². The highest BCUT2D eigenvalue weighted by Crippen LogP contribution is 2.63. The van der Waals surface area contributed by atoms with E-state index in [2.05, 4.69) is 13.2 Å². The van der Waals surface area contributed by atoms with Gasteiger partial charge in [0.1, 0.15) is 6.61 Å². The number of benzene rings is 1. The van der Waals surface area contributed by atoms with Gasteiger partial charge in [-0.1, -0.05) is 18.7 Å². The summed E-state index contributed by atoms with van der Waals surface area (Å²) in [7, 11) is 0. The molecule has 6 aliphatic carbocycles. The van der Waals surface area contributed by atoms with Crippen molar-refractivity contribution in [2.24, 2.45) is 71.0 Å². The van der Waals surface area contributed by atoms with E-state index in [1.165, 1.54) is 19.3 Å². The first-order valence-corrected chi connectivity index (χ1v) is 17.9. The zero-order chi connectivity index (χ0) is 32.7. The highest BCUT2D eigenvalue weighted by Gasteiger charge is 2.57. The monoisotopic (exact) mass is 646 g/mol. The number of carbonyl (C=O) groups is 3. The van der Waals surface area contributed by atoms with Crippen LogP contribution in [-0.4, -0.2) is 50.9 Å². The van der Waals surface area contributed by atoms with Gasteiger partial charge in [0.15, 0.2) is 0 Å². The minimum atomic E-state index is -0.391. The molecule has 0 saturated heterocycles. The Balaban J connectivity index is 0.850. The van der Waals surface area contributed by atoms with Crippen molar-refractivity contribution in [1.82, 2.24) is 0 Å². The Labute approximate surface area is 278 Å². The van der Waals surface area contributed by atoms with E-state index < -0.39 is 5.97 Å². The smallest absolute Gasteiger partial charge is 0.338 e. The normalized spacial score (nSPS) is 37.4. The first-order valence-electron chi connectivity index (χ1n) is 17.9. The van der Waals surface area contributed by atoms with Crippen molar-refractivity contribution in [3.05, 3.63) is 60.2 Å². The van der Waals surface area contributed by atoms with E-state index in [-0.39, 0.29) is 11.9 Å². The summed E-state index contributed by atoms with van der Waals surface area (Å²) in [6, 6.07) is 6.76. The molecule has 0 N–H and O–H groups in total. The molecule has 0 aromatic heterocycles. The molecule has 6 fully saturated rings. The summed E-state index contributed by atoms with van der Waals surface area (Å²) in [5.74, 6) is 5.98. The van der Waals surface area contributed by atoms with Crippen LogP contribution in [-0.2, 0) is 28.8 Å². The first kappa shape index (κ1) is 32.6. The van der Waals surface area contributed by atoms with E-state index in [0.29, 0.717) is 115 Å². The fraction of sp³-hybridized carbons (Fsp3) is 0.667.